The second-order valence-electron chi connectivity index (χ2n) is 11.4. The van der Waals surface area contributed by atoms with E-state index in [0.717, 1.165) is 62.7 Å². The summed E-state index contributed by atoms with van der Waals surface area (Å²) in [5.74, 6) is 6.45. The molecule has 0 atom stereocenters. The number of amides is 1. The van der Waals surface area contributed by atoms with Gasteiger partial charge in [-0.05, 0) is 84.1 Å². The maximum Gasteiger partial charge on any atom is 0.348 e. The van der Waals surface area contributed by atoms with Gasteiger partial charge < -0.3 is 14.7 Å². The van der Waals surface area contributed by atoms with E-state index in [1.807, 2.05) is 31.7 Å². The Morgan fingerprint density at radius 1 is 1.08 bits per heavy atom. The predicted molar refractivity (Wildman–Crippen MR) is 145 cm³/mol. The van der Waals surface area contributed by atoms with Gasteiger partial charge in [-0.15, -0.1) is 11.3 Å². The zero-order chi connectivity index (χ0) is 26.6. The molecule has 2 saturated carbocycles. The van der Waals surface area contributed by atoms with E-state index in [4.69, 9.17) is 4.74 Å². The van der Waals surface area contributed by atoms with Crippen LogP contribution >= 0.6 is 11.3 Å². The van der Waals surface area contributed by atoms with Gasteiger partial charge in [-0.2, -0.15) is 0 Å². The molecule has 0 radical (unpaired) electrons. The molecule has 0 aliphatic heterocycles. The van der Waals surface area contributed by atoms with Gasteiger partial charge in [0.1, 0.15) is 11.0 Å². The van der Waals surface area contributed by atoms with Crippen molar-refractivity contribution in [2.24, 2.45) is 17.3 Å². The Kier molecular flexibility index (Phi) is 8.53. The van der Waals surface area contributed by atoms with Gasteiger partial charge in [0.05, 0.1) is 16.8 Å². The summed E-state index contributed by atoms with van der Waals surface area (Å²) in [4.78, 5) is 37.3. The highest BCUT2D eigenvalue weighted by atomic mass is 32.1. The first-order valence-electron chi connectivity index (χ1n) is 13.3. The summed E-state index contributed by atoms with van der Waals surface area (Å²) in [6.07, 6.45) is 11.6. The van der Waals surface area contributed by atoms with Gasteiger partial charge in [0.15, 0.2) is 0 Å². The number of aromatic carboxylic acids is 1. The third-order valence-electron chi connectivity index (χ3n) is 7.17. The number of hydrogen-bond acceptors (Lipinski definition) is 6. The zero-order valence-electron chi connectivity index (χ0n) is 22.2. The molecule has 2 aliphatic rings. The summed E-state index contributed by atoms with van der Waals surface area (Å²) in [5, 5.41) is 10.1. The number of nitrogens with zero attached hydrogens (tertiary/aromatic N) is 3. The molecule has 37 heavy (non-hydrogen) atoms. The van der Waals surface area contributed by atoms with Crippen molar-refractivity contribution < 1.29 is 19.4 Å². The Morgan fingerprint density at radius 2 is 1.78 bits per heavy atom. The minimum Gasteiger partial charge on any atom is -0.477 e. The molecule has 7 nitrogen and oxygen atoms in total. The number of carbonyl (C=O) groups is 2. The number of rotatable bonds is 6. The highest BCUT2D eigenvalue weighted by Crippen LogP contribution is 2.39. The minimum atomic E-state index is -1.02. The van der Waals surface area contributed by atoms with Crippen molar-refractivity contribution in [3.63, 3.8) is 0 Å². The molecular formula is C29H37N3O4S. The van der Waals surface area contributed by atoms with Gasteiger partial charge in [0.2, 0.25) is 11.8 Å². The Labute approximate surface area is 223 Å². The molecule has 2 aliphatic carbocycles. The van der Waals surface area contributed by atoms with E-state index < -0.39 is 5.97 Å². The number of ether oxygens (including phenoxy) is 1. The van der Waals surface area contributed by atoms with Crippen molar-refractivity contribution in [1.29, 1.82) is 0 Å². The van der Waals surface area contributed by atoms with Crippen LogP contribution in [0.15, 0.2) is 24.7 Å². The van der Waals surface area contributed by atoms with Crippen LogP contribution in [0.2, 0.25) is 0 Å². The molecular weight excluding hydrogens is 486 g/mol. The smallest absolute Gasteiger partial charge is 0.348 e. The molecule has 2 aromatic heterocycles. The highest BCUT2D eigenvalue weighted by Gasteiger charge is 2.37. The van der Waals surface area contributed by atoms with E-state index in [0.29, 0.717) is 22.4 Å². The van der Waals surface area contributed by atoms with Gasteiger partial charge in [-0.25, -0.2) is 9.78 Å². The van der Waals surface area contributed by atoms with Crippen LogP contribution in [0.1, 0.15) is 93.6 Å². The lowest BCUT2D eigenvalue weighted by Gasteiger charge is -2.39. The molecule has 8 heteroatoms. The van der Waals surface area contributed by atoms with E-state index in [9.17, 15) is 14.7 Å². The van der Waals surface area contributed by atoms with Gasteiger partial charge in [-0.1, -0.05) is 18.8 Å². The Morgan fingerprint density at radius 3 is 2.38 bits per heavy atom. The summed E-state index contributed by atoms with van der Waals surface area (Å²) in [7, 11) is 0. The zero-order valence-corrected chi connectivity index (χ0v) is 23.0. The third kappa shape index (κ3) is 7.10. The fraction of sp³-hybridized carbons (Fsp3) is 0.586. The monoisotopic (exact) mass is 523 g/mol. The summed E-state index contributed by atoms with van der Waals surface area (Å²) in [6, 6.07) is 1.74. The van der Waals surface area contributed by atoms with Crippen molar-refractivity contribution in [1.82, 2.24) is 9.97 Å². The van der Waals surface area contributed by atoms with Gasteiger partial charge >= 0.3 is 5.97 Å². The summed E-state index contributed by atoms with van der Waals surface area (Å²) in [5.41, 5.74) is 0.293. The number of carboxylic acids is 1. The molecule has 0 aromatic carbocycles. The third-order valence-corrected chi connectivity index (χ3v) is 8.19. The number of anilines is 1. The van der Waals surface area contributed by atoms with Crippen molar-refractivity contribution in [3.05, 3.63) is 34.4 Å². The second-order valence-corrected chi connectivity index (χ2v) is 12.4. The highest BCUT2D eigenvalue weighted by molar-refractivity contribution is 7.15. The number of aromatic nitrogens is 2. The largest absolute Gasteiger partial charge is 0.477 e. The van der Waals surface area contributed by atoms with E-state index in [1.165, 1.54) is 0 Å². The van der Waals surface area contributed by atoms with E-state index >= 15 is 0 Å². The number of carboxylic acid groups (broad SMARTS) is 1. The van der Waals surface area contributed by atoms with Crippen LogP contribution < -0.4 is 9.64 Å². The Balaban J connectivity index is 1.61. The van der Waals surface area contributed by atoms with Gasteiger partial charge in [-0.3, -0.25) is 9.78 Å². The first kappa shape index (κ1) is 27.1. The maximum atomic E-state index is 14.0. The van der Waals surface area contributed by atoms with Crippen LogP contribution in [0.3, 0.4) is 0 Å². The van der Waals surface area contributed by atoms with E-state index in [2.05, 4.69) is 28.7 Å². The molecule has 0 saturated heterocycles. The number of carbonyl (C=O) groups excluding carboxylic acids is 1. The molecule has 2 aromatic rings. The molecule has 198 valence electrons. The van der Waals surface area contributed by atoms with Crippen LogP contribution in [0.25, 0.3) is 0 Å². The van der Waals surface area contributed by atoms with Crippen LogP contribution in [-0.2, 0) is 4.79 Å². The quantitative estimate of drug-likeness (QED) is 0.454. The standard InChI is InChI=1S/C29H37N3O4S/c1-19-5-7-20(8-6-19)27(33)32(21-9-11-22(12-10-21)36-25-18-30-15-16-31-25)24-17-23(13-14-29(2,3)4)37-26(24)28(34)35/h15-22H,5-12H2,1-4H3,(H,34,35). The van der Waals surface area contributed by atoms with Crippen LogP contribution in [0.5, 0.6) is 5.88 Å². The first-order valence-corrected chi connectivity index (χ1v) is 14.1. The minimum absolute atomic E-state index is 0.00457. The first-order chi connectivity index (χ1) is 17.6. The van der Waals surface area contributed by atoms with Crippen molar-refractivity contribution >= 4 is 28.9 Å². The van der Waals surface area contributed by atoms with E-state index in [-0.39, 0.29) is 34.3 Å². The normalized spacial score (nSPS) is 24.0. The van der Waals surface area contributed by atoms with E-state index in [1.54, 1.807) is 18.6 Å². The molecule has 4 rings (SSSR count). The molecule has 1 amide bonds. The van der Waals surface area contributed by atoms with Crippen LogP contribution in [0, 0.1) is 29.1 Å². The number of hydrogen-bond donors (Lipinski definition) is 1. The van der Waals surface area contributed by atoms with Gasteiger partial charge in [0, 0.05) is 29.8 Å². The lowest BCUT2D eigenvalue weighted by Crippen LogP contribution is -2.47. The molecule has 0 unspecified atom stereocenters. The van der Waals surface area contributed by atoms with Crippen LogP contribution in [-0.4, -0.2) is 39.1 Å². The lowest BCUT2D eigenvalue weighted by molar-refractivity contribution is -0.124. The SMILES string of the molecule is CC1CCC(C(=O)N(c2cc(C#CC(C)(C)C)sc2C(=O)O)C2CCC(Oc3cnccn3)CC2)CC1. The summed E-state index contributed by atoms with van der Waals surface area (Å²) in [6.45, 7) is 8.30. The van der Waals surface area contributed by atoms with Crippen LogP contribution in [0.4, 0.5) is 5.69 Å². The fourth-order valence-corrected chi connectivity index (χ4v) is 6.00. The predicted octanol–water partition coefficient (Wildman–Crippen LogP) is 6.18. The summed E-state index contributed by atoms with van der Waals surface area (Å²) >= 11 is 1.16. The average molecular weight is 524 g/mol. The second kappa shape index (κ2) is 11.6. The molecule has 0 bridgehead atoms. The summed E-state index contributed by atoms with van der Waals surface area (Å²) < 4.78 is 6.02. The Bertz CT molecular complexity index is 1150. The van der Waals surface area contributed by atoms with Crippen molar-refractivity contribution in [2.45, 2.75) is 91.2 Å². The maximum absolute atomic E-state index is 14.0. The van der Waals surface area contributed by atoms with Crippen molar-refractivity contribution in [3.8, 4) is 17.7 Å². The fourth-order valence-electron chi connectivity index (χ4n) is 5.16. The van der Waals surface area contributed by atoms with Gasteiger partial charge in [0.25, 0.3) is 0 Å². The average Bonchev–Trinajstić information content (AvgIpc) is 3.29. The van der Waals surface area contributed by atoms with Crippen molar-refractivity contribution in [2.75, 3.05) is 4.90 Å². The Hall–Kier alpha value is -2.92. The lowest BCUT2D eigenvalue weighted by atomic mass is 9.81. The molecule has 2 heterocycles. The molecule has 2 fully saturated rings. The molecule has 1 N–H and O–H groups in total. The number of thiophene rings is 1. The topological polar surface area (TPSA) is 92.6 Å². The molecule has 0 spiro atoms.